The molecule has 2 aromatic heterocycles. The summed E-state index contributed by atoms with van der Waals surface area (Å²) in [6.07, 6.45) is 9.29. The summed E-state index contributed by atoms with van der Waals surface area (Å²) >= 11 is 0. The smallest absolute Gasteiger partial charge is 0.254 e. The number of nitrogens with one attached hydrogen (secondary N) is 1. The van der Waals surface area contributed by atoms with Crippen molar-refractivity contribution in [2.75, 3.05) is 0 Å². The Kier molecular flexibility index (Phi) is 5.03. The molecule has 6 nitrogen and oxygen atoms in total. The number of hydrogen-bond donors (Lipinski definition) is 1. The number of hydrogen-bond acceptors (Lipinski definition) is 4. The van der Waals surface area contributed by atoms with E-state index in [1.54, 1.807) is 24.9 Å². The van der Waals surface area contributed by atoms with Crippen LogP contribution >= 0.6 is 0 Å². The summed E-state index contributed by atoms with van der Waals surface area (Å²) in [4.78, 5) is 24.6. The fourth-order valence-electron chi connectivity index (χ4n) is 1.95. The molecule has 0 aliphatic carbocycles. The van der Waals surface area contributed by atoms with Crippen LogP contribution in [0.5, 0.6) is 0 Å². The van der Waals surface area contributed by atoms with Crippen molar-refractivity contribution in [2.24, 2.45) is 5.92 Å². The van der Waals surface area contributed by atoms with E-state index in [1.165, 1.54) is 0 Å². The average molecular weight is 287 g/mol. The highest BCUT2D eigenvalue weighted by molar-refractivity contribution is 5.93. The lowest BCUT2D eigenvalue weighted by Crippen LogP contribution is -2.41. The Bertz CT molecular complexity index is 562. The third kappa shape index (κ3) is 4.11. The van der Waals surface area contributed by atoms with E-state index in [0.717, 1.165) is 12.2 Å². The molecule has 1 amide bonds. The number of aryl methyl sites for hydroxylation is 1. The molecule has 21 heavy (non-hydrogen) atoms. The molecular weight excluding hydrogens is 266 g/mol. The predicted molar refractivity (Wildman–Crippen MR) is 79.7 cm³/mol. The van der Waals surface area contributed by atoms with E-state index in [-0.39, 0.29) is 11.9 Å². The van der Waals surface area contributed by atoms with Crippen LogP contribution in [0.25, 0.3) is 0 Å². The SMILES string of the molecule is CCc1ncc(C(=O)NC(Cn2ccnc2)C(C)C)cn1. The minimum atomic E-state index is -0.142. The van der Waals surface area contributed by atoms with Crippen molar-refractivity contribution in [3.63, 3.8) is 0 Å². The Morgan fingerprint density at radius 2 is 2.05 bits per heavy atom. The first-order valence-electron chi connectivity index (χ1n) is 7.17. The second-order valence-electron chi connectivity index (χ2n) is 5.32. The standard InChI is InChI=1S/C15H21N5O/c1-4-14-17-7-12(8-18-14)15(21)19-13(11(2)3)9-20-6-5-16-10-20/h5-8,10-11,13H,4,9H2,1-3H3,(H,19,21). The van der Waals surface area contributed by atoms with Crippen molar-refractivity contribution >= 4 is 5.91 Å². The Morgan fingerprint density at radius 3 is 2.57 bits per heavy atom. The normalized spacial score (nSPS) is 12.4. The molecule has 0 aromatic carbocycles. The van der Waals surface area contributed by atoms with Crippen LogP contribution in [-0.2, 0) is 13.0 Å². The zero-order valence-corrected chi connectivity index (χ0v) is 12.7. The highest BCUT2D eigenvalue weighted by Gasteiger charge is 2.18. The van der Waals surface area contributed by atoms with Crippen molar-refractivity contribution in [1.29, 1.82) is 0 Å². The minimum Gasteiger partial charge on any atom is -0.347 e. The van der Waals surface area contributed by atoms with Crippen molar-refractivity contribution in [2.45, 2.75) is 39.8 Å². The molecule has 0 aliphatic rings. The molecule has 2 rings (SSSR count). The van der Waals surface area contributed by atoms with Crippen LogP contribution in [0.1, 0.15) is 37.0 Å². The van der Waals surface area contributed by atoms with Gasteiger partial charge in [0.2, 0.25) is 0 Å². The largest absolute Gasteiger partial charge is 0.347 e. The quantitative estimate of drug-likeness (QED) is 0.877. The summed E-state index contributed by atoms with van der Waals surface area (Å²) in [6.45, 7) is 6.84. The van der Waals surface area contributed by atoms with Gasteiger partial charge in [-0.15, -0.1) is 0 Å². The minimum absolute atomic E-state index is 0.0255. The molecule has 1 atom stereocenters. The molecule has 0 saturated carbocycles. The third-order valence-corrected chi connectivity index (χ3v) is 3.37. The molecule has 0 radical (unpaired) electrons. The highest BCUT2D eigenvalue weighted by atomic mass is 16.1. The van der Waals surface area contributed by atoms with Gasteiger partial charge in [-0.2, -0.15) is 0 Å². The van der Waals surface area contributed by atoms with Gasteiger partial charge in [0, 0.05) is 43.8 Å². The van der Waals surface area contributed by atoms with Gasteiger partial charge in [0.1, 0.15) is 5.82 Å². The summed E-state index contributed by atoms with van der Waals surface area (Å²) in [6, 6.07) is 0.0255. The zero-order chi connectivity index (χ0) is 15.2. The number of imidazole rings is 1. The van der Waals surface area contributed by atoms with Crippen molar-refractivity contribution < 1.29 is 4.79 Å². The number of amides is 1. The van der Waals surface area contributed by atoms with E-state index >= 15 is 0 Å². The molecular formula is C15H21N5O. The van der Waals surface area contributed by atoms with Crippen LogP contribution in [0.4, 0.5) is 0 Å². The lowest BCUT2D eigenvalue weighted by atomic mass is 10.0. The molecule has 6 heteroatoms. The van der Waals surface area contributed by atoms with Gasteiger partial charge in [0.05, 0.1) is 11.9 Å². The predicted octanol–water partition coefficient (Wildman–Crippen LogP) is 1.69. The van der Waals surface area contributed by atoms with Crippen LogP contribution in [-0.4, -0.2) is 31.5 Å². The molecule has 0 bridgehead atoms. The van der Waals surface area contributed by atoms with Gasteiger partial charge in [-0.25, -0.2) is 15.0 Å². The molecule has 0 saturated heterocycles. The maximum absolute atomic E-state index is 12.3. The first kappa shape index (κ1) is 15.2. The van der Waals surface area contributed by atoms with E-state index < -0.39 is 0 Å². The molecule has 0 fully saturated rings. The zero-order valence-electron chi connectivity index (χ0n) is 12.7. The summed E-state index contributed by atoms with van der Waals surface area (Å²) in [5.41, 5.74) is 0.489. The van der Waals surface area contributed by atoms with Gasteiger partial charge in [-0.1, -0.05) is 20.8 Å². The maximum atomic E-state index is 12.3. The number of aromatic nitrogens is 4. The van der Waals surface area contributed by atoms with Gasteiger partial charge in [0.15, 0.2) is 0 Å². The van der Waals surface area contributed by atoms with Crippen LogP contribution in [0.2, 0.25) is 0 Å². The van der Waals surface area contributed by atoms with Crippen molar-refractivity contribution in [3.05, 3.63) is 42.5 Å². The Balaban J connectivity index is 2.03. The molecule has 2 aromatic rings. The maximum Gasteiger partial charge on any atom is 0.254 e. The fraction of sp³-hybridized carbons (Fsp3) is 0.467. The van der Waals surface area contributed by atoms with E-state index in [9.17, 15) is 4.79 Å². The second-order valence-corrected chi connectivity index (χ2v) is 5.32. The third-order valence-electron chi connectivity index (χ3n) is 3.37. The first-order chi connectivity index (χ1) is 10.1. The van der Waals surface area contributed by atoms with E-state index in [2.05, 4.69) is 34.1 Å². The molecule has 0 aliphatic heterocycles. The Morgan fingerprint density at radius 1 is 1.33 bits per heavy atom. The van der Waals surface area contributed by atoms with E-state index in [1.807, 2.05) is 17.7 Å². The van der Waals surface area contributed by atoms with Gasteiger partial charge < -0.3 is 9.88 Å². The number of carbonyl (C=O) groups is 1. The lowest BCUT2D eigenvalue weighted by molar-refractivity contribution is 0.0919. The first-order valence-corrected chi connectivity index (χ1v) is 7.17. The molecule has 2 heterocycles. The molecule has 1 N–H and O–H groups in total. The number of nitrogens with zero attached hydrogens (tertiary/aromatic N) is 4. The molecule has 0 spiro atoms. The number of rotatable bonds is 6. The van der Waals surface area contributed by atoms with Gasteiger partial charge >= 0.3 is 0 Å². The van der Waals surface area contributed by atoms with E-state index in [4.69, 9.17) is 0 Å². The van der Waals surface area contributed by atoms with Crippen LogP contribution in [0.15, 0.2) is 31.1 Å². The van der Waals surface area contributed by atoms with E-state index in [0.29, 0.717) is 18.0 Å². The second kappa shape index (κ2) is 6.97. The van der Waals surface area contributed by atoms with Crippen LogP contribution in [0, 0.1) is 5.92 Å². The van der Waals surface area contributed by atoms with Crippen LogP contribution in [0.3, 0.4) is 0 Å². The van der Waals surface area contributed by atoms with Crippen molar-refractivity contribution in [3.8, 4) is 0 Å². The summed E-state index contributed by atoms with van der Waals surface area (Å²) < 4.78 is 1.96. The lowest BCUT2D eigenvalue weighted by Gasteiger charge is -2.22. The van der Waals surface area contributed by atoms with Gasteiger partial charge in [-0.05, 0) is 5.92 Å². The Hall–Kier alpha value is -2.24. The number of carbonyl (C=O) groups excluding carboxylic acids is 1. The summed E-state index contributed by atoms with van der Waals surface area (Å²) in [5, 5.41) is 3.04. The monoisotopic (exact) mass is 287 g/mol. The molecule has 112 valence electrons. The summed E-state index contributed by atoms with van der Waals surface area (Å²) in [7, 11) is 0. The van der Waals surface area contributed by atoms with Crippen LogP contribution < -0.4 is 5.32 Å². The topological polar surface area (TPSA) is 72.7 Å². The molecule has 1 unspecified atom stereocenters. The van der Waals surface area contributed by atoms with Gasteiger partial charge in [-0.3, -0.25) is 4.79 Å². The average Bonchev–Trinajstić information content (AvgIpc) is 2.99. The highest BCUT2D eigenvalue weighted by Crippen LogP contribution is 2.07. The fourth-order valence-corrected chi connectivity index (χ4v) is 1.95. The van der Waals surface area contributed by atoms with Crippen molar-refractivity contribution in [1.82, 2.24) is 24.8 Å². The Labute approximate surface area is 124 Å². The van der Waals surface area contributed by atoms with Gasteiger partial charge in [0.25, 0.3) is 5.91 Å². The summed E-state index contributed by atoms with van der Waals surface area (Å²) in [5.74, 6) is 0.911.